The molecule has 0 heterocycles. The van der Waals surface area contributed by atoms with Crippen LogP contribution in [0.2, 0.25) is 18.1 Å². The maximum Gasteiger partial charge on any atom is 0.191 e. The summed E-state index contributed by atoms with van der Waals surface area (Å²) in [5.41, 5.74) is 1.94. The third kappa shape index (κ3) is 4.91. The summed E-state index contributed by atoms with van der Waals surface area (Å²) in [4.78, 5) is 0. The van der Waals surface area contributed by atoms with Crippen LogP contribution in [0.4, 0.5) is 10.1 Å². The Bertz CT molecular complexity index is 441. The van der Waals surface area contributed by atoms with Gasteiger partial charge in [-0.1, -0.05) is 26.8 Å². The van der Waals surface area contributed by atoms with Crippen molar-refractivity contribution < 1.29 is 8.82 Å². The van der Waals surface area contributed by atoms with Gasteiger partial charge in [-0.05, 0) is 49.2 Å². The first-order valence-corrected chi connectivity index (χ1v) is 10.2. The summed E-state index contributed by atoms with van der Waals surface area (Å²) in [6.07, 6.45) is 0.933. The van der Waals surface area contributed by atoms with Gasteiger partial charge in [-0.3, -0.25) is 0 Å². The predicted octanol–water partition coefficient (Wildman–Crippen LogP) is 4.96. The molecule has 0 saturated carbocycles. The lowest BCUT2D eigenvalue weighted by Crippen LogP contribution is -2.41. The van der Waals surface area contributed by atoms with Crippen LogP contribution in [-0.2, 0) is 4.43 Å². The monoisotopic (exact) mass is 297 g/mol. The Labute approximate surface area is 123 Å². The molecule has 20 heavy (non-hydrogen) atoms. The van der Waals surface area contributed by atoms with E-state index < -0.39 is 8.32 Å². The van der Waals surface area contributed by atoms with E-state index in [1.807, 2.05) is 6.92 Å². The van der Waals surface area contributed by atoms with Gasteiger partial charge in [0.1, 0.15) is 5.82 Å². The molecule has 0 aromatic heterocycles. The number of nitrogens with one attached hydrogen (secondary N) is 1. The van der Waals surface area contributed by atoms with E-state index in [9.17, 15) is 4.39 Å². The van der Waals surface area contributed by atoms with E-state index in [2.05, 4.69) is 39.2 Å². The molecule has 1 N–H and O–H groups in total. The minimum atomic E-state index is -1.64. The maximum atomic E-state index is 13.2. The van der Waals surface area contributed by atoms with E-state index in [0.29, 0.717) is 0 Å². The van der Waals surface area contributed by atoms with Gasteiger partial charge in [0.15, 0.2) is 8.32 Å². The Morgan fingerprint density at radius 3 is 2.50 bits per heavy atom. The van der Waals surface area contributed by atoms with Crippen molar-refractivity contribution >= 4 is 14.0 Å². The molecule has 0 unspecified atom stereocenters. The third-order valence-corrected chi connectivity index (χ3v) is 8.64. The minimum Gasteiger partial charge on any atom is -0.417 e. The van der Waals surface area contributed by atoms with Crippen molar-refractivity contribution in [3.8, 4) is 0 Å². The summed E-state index contributed by atoms with van der Waals surface area (Å²) >= 11 is 0. The Morgan fingerprint density at radius 1 is 1.25 bits per heavy atom. The quantitative estimate of drug-likeness (QED) is 0.592. The fraction of sp³-hybridized carbons (Fsp3) is 0.625. The topological polar surface area (TPSA) is 21.3 Å². The van der Waals surface area contributed by atoms with Crippen molar-refractivity contribution in [1.82, 2.24) is 0 Å². The third-order valence-electron chi connectivity index (χ3n) is 4.11. The molecule has 0 aliphatic heterocycles. The summed E-state index contributed by atoms with van der Waals surface area (Å²) < 4.78 is 19.3. The smallest absolute Gasteiger partial charge is 0.191 e. The Hall–Kier alpha value is -0.873. The molecule has 1 aromatic rings. The first-order valence-electron chi connectivity index (χ1n) is 7.27. The second kappa shape index (κ2) is 6.72. The van der Waals surface area contributed by atoms with Gasteiger partial charge < -0.3 is 9.74 Å². The number of benzene rings is 1. The molecule has 0 amide bonds. The average molecular weight is 297 g/mol. The first-order chi connectivity index (χ1) is 9.13. The van der Waals surface area contributed by atoms with Crippen molar-refractivity contribution in [3.63, 3.8) is 0 Å². The van der Waals surface area contributed by atoms with Crippen molar-refractivity contribution in [1.29, 1.82) is 0 Å². The molecule has 0 aliphatic carbocycles. The number of rotatable bonds is 6. The molecule has 0 aliphatic rings. The van der Waals surface area contributed by atoms with Crippen LogP contribution in [0.25, 0.3) is 0 Å². The minimum absolute atomic E-state index is 0.198. The van der Waals surface area contributed by atoms with Gasteiger partial charge >= 0.3 is 0 Å². The molecule has 1 aromatic carbocycles. The lowest BCUT2D eigenvalue weighted by atomic mass is 10.2. The first kappa shape index (κ1) is 17.2. The van der Waals surface area contributed by atoms with Gasteiger partial charge in [-0.15, -0.1) is 0 Å². The van der Waals surface area contributed by atoms with Gasteiger partial charge in [0.05, 0.1) is 0 Å². The van der Waals surface area contributed by atoms with Gasteiger partial charge in [0.2, 0.25) is 0 Å². The number of halogens is 1. The lowest BCUT2D eigenvalue weighted by molar-refractivity contribution is 0.286. The molecule has 2 nitrogen and oxygen atoms in total. The molecule has 4 heteroatoms. The maximum absolute atomic E-state index is 13.2. The molecule has 1 rings (SSSR count). The molecule has 0 radical (unpaired) electrons. The van der Waals surface area contributed by atoms with Crippen LogP contribution >= 0.6 is 0 Å². The van der Waals surface area contributed by atoms with Gasteiger partial charge in [-0.25, -0.2) is 4.39 Å². The van der Waals surface area contributed by atoms with Crippen LogP contribution in [0, 0.1) is 12.7 Å². The van der Waals surface area contributed by atoms with Crippen LogP contribution in [-0.4, -0.2) is 21.5 Å². The molecule has 0 fully saturated rings. The van der Waals surface area contributed by atoms with E-state index in [0.717, 1.165) is 30.8 Å². The van der Waals surface area contributed by atoms with E-state index in [4.69, 9.17) is 4.43 Å². The van der Waals surface area contributed by atoms with E-state index in [1.54, 1.807) is 12.1 Å². The van der Waals surface area contributed by atoms with Crippen molar-refractivity contribution in [2.75, 3.05) is 18.5 Å². The summed E-state index contributed by atoms with van der Waals surface area (Å²) in [7, 11) is -1.64. The number of anilines is 1. The fourth-order valence-electron chi connectivity index (χ4n) is 1.62. The molecular weight excluding hydrogens is 269 g/mol. The highest BCUT2D eigenvalue weighted by Crippen LogP contribution is 2.36. The number of hydrogen-bond donors (Lipinski definition) is 1. The van der Waals surface area contributed by atoms with Gasteiger partial charge in [0.25, 0.3) is 0 Å². The van der Waals surface area contributed by atoms with Crippen molar-refractivity contribution in [3.05, 3.63) is 29.6 Å². The van der Waals surface area contributed by atoms with Crippen LogP contribution in [0.1, 0.15) is 32.8 Å². The SMILES string of the molecule is Cc1ccc(F)cc1NCCCO[Si](C)(C)C(C)(C)C. The summed E-state index contributed by atoms with van der Waals surface area (Å²) in [6.45, 7) is 14.8. The largest absolute Gasteiger partial charge is 0.417 e. The molecule has 0 atom stereocenters. The molecular formula is C16H28FNOSi. The van der Waals surface area contributed by atoms with E-state index in [-0.39, 0.29) is 10.9 Å². The van der Waals surface area contributed by atoms with Crippen LogP contribution in [0.5, 0.6) is 0 Å². The second-order valence-electron chi connectivity index (χ2n) is 6.85. The highest BCUT2D eigenvalue weighted by molar-refractivity contribution is 6.74. The molecule has 114 valence electrons. The highest BCUT2D eigenvalue weighted by atomic mass is 28.4. The van der Waals surface area contributed by atoms with Crippen LogP contribution in [0.3, 0.4) is 0 Å². The number of hydrogen-bond acceptors (Lipinski definition) is 2. The number of aryl methyl sites for hydroxylation is 1. The Balaban J connectivity index is 2.34. The Morgan fingerprint density at radius 2 is 1.90 bits per heavy atom. The van der Waals surface area contributed by atoms with Crippen molar-refractivity contribution in [2.45, 2.75) is 52.2 Å². The average Bonchev–Trinajstić information content (AvgIpc) is 2.31. The molecule has 0 spiro atoms. The zero-order chi connectivity index (χ0) is 15.4. The second-order valence-corrected chi connectivity index (χ2v) is 11.7. The fourth-order valence-corrected chi connectivity index (χ4v) is 2.71. The zero-order valence-corrected chi connectivity index (χ0v) is 14.6. The Kier molecular flexibility index (Phi) is 5.77. The van der Waals surface area contributed by atoms with Crippen LogP contribution < -0.4 is 5.32 Å². The van der Waals surface area contributed by atoms with E-state index >= 15 is 0 Å². The summed E-state index contributed by atoms with van der Waals surface area (Å²) in [5, 5.41) is 3.52. The van der Waals surface area contributed by atoms with Gasteiger partial charge in [-0.2, -0.15) is 0 Å². The molecule has 0 bridgehead atoms. The summed E-state index contributed by atoms with van der Waals surface area (Å²) in [5.74, 6) is -0.198. The summed E-state index contributed by atoms with van der Waals surface area (Å²) in [6, 6.07) is 4.83. The zero-order valence-electron chi connectivity index (χ0n) is 13.6. The normalized spacial score (nSPS) is 12.6. The van der Waals surface area contributed by atoms with E-state index in [1.165, 1.54) is 6.07 Å². The highest BCUT2D eigenvalue weighted by Gasteiger charge is 2.36. The van der Waals surface area contributed by atoms with Gasteiger partial charge in [0, 0.05) is 18.8 Å². The standard InChI is InChI=1S/C16H28FNOSi/c1-13-8-9-14(17)12-15(13)18-10-7-11-19-20(5,6)16(2,3)4/h8-9,12,18H,7,10-11H2,1-6H3. The predicted molar refractivity (Wildman–Crippen MR) is 87.4 cm³/mol. The molecule has 0 saturated heterocycles. The lowest BCUT2D eigenvalue weighted by Gasteiger charge is -2.36. The van der Waals surface area contributed by atoms with Crippen molar-refractivity contribution in [2.24, 2.45) is 0 Å². The van der Waals surface area contributed by atoms with Crippen LogP contribution in [0.15, 0.2) is 18.2 Å².